The predicted molar refractivity (Wildman–Crippen MR) is 57.9 cm³/mol. The van der Waals surface area contributed by atoms with E-state index in [1.165, 1.54) is 19.2 Å². The van der Waals surface area contributed by atoms with Crippen LogP contribution < -0.4 is 9.47 Å². The second-order valence-corrected chi connectivity index (χ2v) is 4.14. The van der Waals surface area contributed by atoms with Gasteiger partial charge in [0.1, 0.15) is 5.60 Å². The highest BCUT2D eigenvalue weighted by molar-refractivity contribution is 5.49. The summed E-state index contributed by atoms with van der Waals surface area (Å²) >= 11 is 0. The van der Waals surface area contributed by atoms with E-state index in [1.54, 1.807) is 6.07 Å². The predicted octanol–water partition coefficient (Wildman–Crippen LogP) is 2.53. The normalized spacial score (nSPS) is 16.6. The number of hydrogen-bond acceptors (Lipinski definition) is 4. The van der Waals surface area contributed by atoms with Crippen LogP contribution in [-0.2, 0) is 0 Å². The van der Waals surface area contributed by atoms with Crippen molar-refractivity contribution in [1.82, 2.24) is 0 Å². The molecule has 0 unspecified atom stereocenters. The van der Waals surface area contributed by atoms with Crippen LogP contribution in [0.4, 0.5) is 5.69 Å². The van der Waals surface area contributed by atoms with Crippen LogP contribution in [0.3, 0.4) is 0 Å². The maximum atomic E-state index is 10.6. The molecule has 0 N–H and O–H groups in total. The summed E-state index contributed by atoms with van der Waals surface area (Å²) in [4.78, 5) is 10.1. The lowest BCUT2D eigenvalue weighted by Gasteiger charge is -2.15. The van der Waals surface area contributed by atoms with Crippen molar-refractivity contribution in [3.8, 4) is 11.5 Å². The van der Waals surface area contributed by atoms with Crippen LogP contribution in [0.2, 0.25) is 0 Å². The van der Waals surface area contributed by atoms with Crippen molar-refractivity contribution >= 4 is 5.69 Å². The molecule has 0 heterocycles. The quantitative estimate of drug-likeness (QED) is 0.581. The number of non-ortho nitro benzene ring substituents is 1. The Balaban J connectivity index is 2.27. The number of methoxy groups -OCH3 is 1. The van der Waals surface area contributed by atoms with Crippen molar-refractivity contribution in [2.75, 3.05) is 7.11 Å². The van der Waals surface area contributed by atoms with Crippen molar-refractivity contribution in [3.05, 3.63) is 28.3 Å². The van der Waals surface area contributed by atoms with Crippen LogP contribution in [0.15, 0.2) is 18.2 Å². The number of nitrogens with zero attached hydrogens (tertiary/aromatic N) is 1. The third kappa shape index (κ3) is 2.08. The van der Waals surface area contributed by atoms with E-state index in [9.17, 15) is 10.1 Å². The Labute approximate surface area is 93.1 Å². The lowest BCUT2D eigenvalue weighted by atomic mass is 10.2. The van der Waals surface area contributed by atoms with Crippen LogP contribution in [-0.4, -0.2) is 17.6 Å². The maximum absolute atomic E-state index is 10.6. The summed E-state index contributed by atoms with van der Waals surface area (Å²) in [5.41, 5.74) is -0.117. The summed E-state index contributed by atoms with van der Waals surface area (Å²) in [5.74, 6) is 0.968. The van der Waals surface area contributed by atoms with Gasteiger partial charge in [-0.15, -0.1) is 0 Å². The number of nitro benzene ring substituents is 1. The molecule has 0 bridgehead atoms. The first kappa shape index (κ1) is 10.7. The highest BCUT2D eigenvalue weighted by atomic mass is 16.6. The molecule has 0 aliphatic heterocycles. The van der Waals surface area contributed by atoms with E-state index >= 15 is 0 Å². The Morgan fingerprint density at radius 3 is 2.56 bits per heavy atom. The molecule has 1 fully saturated rings. The Hall–Kier alpha value is -1.78. The molecule has 0 radical (unpaired) electrons. The Morgan fingerprint density at radius 2 is 2.06 bits per heavy atom. The van der Waals surface area contributed by atoms with Crippen LogP contribution in [0, 0.1) is 10.1 Å². The van der Waals surface area contributed by atoms with Gasteiger partial charge in [0.05, 0.1) is 18.1 Å². The van der Waals surface area contributed by atoms with E-state index in [4.69, 9.17) is 9.47 Å². The van der Waals surface area contributed by atoms with Crippen LogP contribution in [0.5, 0.6) is 11.5 Å². The Morgan fingerprint density at radius 1 is 1.38 bits per heavy atom. The molecule has 0 aromatic heterocycles. The molecule has 1 aliphatic carbocycles. The van der Waals surface area contributed by atoms with E-state index in [-0.39, 0.29) is 11.3 Å². The lowest BCUT2D eigenvalue weighted by molar-refractivity contribution is -0.385. The Kier molecular flexibility index (Phi) is 2.46. The monoisotopic (exact) mass is 223 g/mol. The van der Waals surface area contributed by atoms with Gasteiger partial charge in [0.15, 0.2) is 11.5 Å². The molecule has 5 nitrogen and oxygen atoms in total. The summed E-state index contributed by atoms with van der Waals surface area (Å²) < 4.78 is 10.8. The van der Waals surface area contributed by atoms with Gasteiger partial charge in [-0.3, -0.25) is 10.1 Å². The molecule has 0 atom stereocenters. The van der Waals surface area contributed by atoms with Gasteiger partial charge < -0.3 is 9.47 Å². The number of hydrogen-bond donors (Lipinski definition) is 0. The second kappa shape index (κ2) is 3.66. The first-order valence-corrected chi connectivity index (χ1v) is 5.05. The van der Waals surface area contributed by atoms with Gasteiger partial charge in [0, 0.05) is 6.07 Å². The molecule has 1 saturated carbocycles. The van der Waals surface area contributed by atoms with Gasteiger partial charge in [-0.2, -0.15) is 0 Å². The van der Waals surface area contributed by atoms with Gasteiger partial charge in [0.25, 0.3) is 5.69 Å². The Bertz CT molecular complexity index is 426. The molecule has 16 heavy (non-hydrogen) atoms. The van der Waals surface area contributed by atoms with Gasteiger partial charge in [-0.1, -0.05) is 0 Å². The van der Waals surface area contributed by atoms with E-state index in [0.29, 0.717) is 11.5 Å². The average Bonchev–Trinajstić information content (AvgIpc) is 2.96. The fourth-order valence-electron chi connectivity index (χ4n) is 1.40. The highest BCUT2D eigenvalue weighted by Gasteiger charge is 2.40. The molecule has 0 saturated heterocycles. The van der Waals surface area contributed by atoms with Gasteiger partial charge in [-0.05, 0) is 25.8 Å². The molecule has 1 aromatic carbocycles. The molecule has 0 amide bonds. The molecule has 1 aromatic rings. The summed E-state index contributed by atoms with van der Waals surface area (Å²) in [5, 5.41) is 10.6. The molecule has 86 valence electrons. The van der Waals surface area contributed by atoms with E-state index in [1.807, 2.05) is 6.92 Å². The van der Waals surface area contributed by atoms with Crippen LogP contribution in [0.25, 0.3) is 0 Å². The number of ether oxygens (including phenoxy) is 2. The molecular formula is C11H13NO4. The zero-order chi connectivity index (χ0) is 11.8. The fourth-order valence-corrected chi connectivity index (χ4v) is 1.40. The zero-order valence-electron chi connectivity index (χ0n) is 9.23. The molecule has 0 spiro atoms. The first-order valence-electron chi connectivity index (χ1n) is 5.05. The standard InChI is InChI=1S/C11H13NO4/c1-11(5-6-11)16-9-4-3-8(12(13)14)7-10(9)15-2/h3-4,7H,5-6H2,1-2H3. The number of nitro groups is 1. The first-order chi connectivity index (χ1) is 7.54. The average molecular weight is 223 g/mol. The topological polar surface area (TPSA) is 61.6 Å². The maximum Gasteiger partial charge on any atom is 0.273 e. The second-order valence-electron chi connectivity index (χ2n) is 4.14. The van der Waals surface area contributed by atoms with Crippen molar-refractivity contribution in [2.24, 2.45) is 0 Å². The minimum absolute atomic E-state index is 0.00477. The van der Waals surface area contributed by atoms with Crippen LogP contribution in [0.1, 0.15) is 19.8 Å². The summed E-state index contributed by atoms with van der Waals surface area (Å²) in [6.07, 6.45) is 2.01. The van der Waals surface area contributed by atoms with E-state index in [2.05, 4.69) is 0 Å². The van der Waals surface area contributed by atoms with Crippen molar-refractivity contribution in [2.45, 2.75) is 25.4 Å². The molecule has 1 aliphatic rings. The summed E-state index contributed by atoms with van der Waals surface area (Å²) in [6.45, 7) is 2.01. The van der Waals surface area contributed by atoms with Crippen molar-refractivity contribution in [3.63, 3.8) is 0 Å². The largest absolute Gasteiger partial charge is 0.493 e. The number of benzene rings is 1. The fraction of sp³-hybridized carbons (Fsp3) is 0.455. The molecule has 2 rings (SSSR count). The third-order valence-electron chi connectivity index (χ3n) is 2.67. The van der Waals surface area contributed by atoms with E-state index < -0.39 is 4.92 Å². The zero-order valence-corrected chi connectivity index (χ0v) is 9.23. The minimum Gasteiger partial charge on any atom is -0.493 e. The molecular weight excluding hydrogens is 210 g/mol. The molecule has 5 heteroatoms. The highest BCUT2D eigenvalue weighted by Crippen LogP contribution is 2.43. The summed E-state index contributed by atoms with van der Waals surface area (Å²) in [6, 6.07) is 4.38. The van der Waals surface area contributed by atoms with Crippen LogP contribution >= 0.6 is 0 Å². The van der Waals surface area contributed by atoms with E-state index in [0.717, 1.165) is 12.8 Å². The SMILES string of the molecule is COc1cc([N+](=O)[O-])ccc1OC1(C)CC1. The van der Waals surface area contributed by atoms with Gasteiger partial charge >= 0.3 is 0 Å². The smallest absolute Gasteiger partial charge is 0.273 e. The van der Waals surface area contributed by atoms with Gasteiger partial charge in [0.2, 0.25) is 0 Å². The number of rotatable bonds is 4. The third-order valence-corrected chi connectivity index (χ3v) is 2.67. The lowest BCUT2D eigenvalue weighted by Crippen LogP contribution is -2.12. The van der Waals surface area contributed by atoms with Gasteiger partial charge in [-0.25, -0.2) is 0 Å². The van der Waals surface area contributed by atoms with Crippen molar-refractivity contribution < 1.29 is 14.4 Å². The summed E-state index contributed by atoms with van der Waals surface area (Å²) in [7, 11) is 1.47. The minimum atomic E-state index is -0.453. The van der Waals surface area contributed by atoms with Crippen molar-refractivity contribution in [1.29, 1.82) is 0 Å².